The first-order chi connectivity index (χ1) is 6.28. The fraction of sp³-hybridized carbons (Fsp3) is 0.625. The maximum atomic E-state index is 11.9. The molecule has 0 aromatic rings. The lowest BCUT2D eigenvalue weighted by Gasteiger charge is -2.19. The monoisotopic (exact) mass is 207 g/mol. The third-order valence-corrected chi connectivity index (χ3v) is 1.99. The Morgan fingerprint density at radius 1 is 1.64 bits per heavy atom. The van der Waals surface area contributed by atoms with E-state index in [-0.39, 0.29) is 13.0 Å². The SMILES string of the molecule is C#CC1(O)CCN(CC(F)(F)F)C1=O. The largest absolute Gasteiger partial charge is 0.406 e. The molecule has 0 aromatic heterocycles. The van der Waals surface area contributed by atoms with Crippen LogP contribution in [0.15, 0.2) is 0 Å². The zero-order valence-electron chi connectivity index (χ0n) is 7.14. The highest BCUT2D eigenvalue weighted by molar-refractivity contribution is 5.90. The van der Waals surface area contributed by atoms with Crippen LogP contribution in [0.25, 0.3) is 0 Å². The summed E-state index contributed by atoms with van der Waals surface area (Å²) in [4.78, 5) is 11.7. The normalized spacial score (nSPS) is 27.9. The topological polar surface area (TPSA) is 40.5 Å². The summed E-state index contributed by atoms with van der Waals surface area (Å²) in [5.41, 5.74) is -2.05. The Morgan fingerprint density at radius 2 is 2.21 bits per heavy atom. The zero-order chi connectivity index (χ0) is 11.0. The van der Waals surface area contributed by atoms with Crippen LogP contribution < -0.4 is 0 Å². The number of hydrogen-bond acceptors (Lipinski definition) is 2. The summed E-state index contributed by atoms with van der Waals surface area (Å²) in [5, 5.41) is 9.34. The molecule has 0 aromatic carbocycles. The van der Waals surface area contributed by atoms with Crippen molar-refractivity contribution in [3.8, 4) is 12.3 Å². The molecule has 1 amide bonds. The molecule has 1 saturated heterocycles. The third kappa shape index (κ3) is 1.99. The molecular weight excluding hydrogens is 199 g/mol. The molecule has 3 nitrogen and oxygen atoms in total. The van der Waals surface area contributed by atoms with Crippen molar-refractivity contribution in [3.63, 3.8) is 0 Å². The Balaban J connectivity index is 2.72. The number of likely N-dealkylation sites (tertiary alicyclic amines) is 1. The molecule has 0 aliphatic carbocycles. The summed E-state index contributed by atoms with van der Waals surface area (Å²) in [7, 11) is 0. The molecule has 1 N–H and O–H groups in total. The second-order valence-corrected chi connectivity index (χ2v) is 3.10. The van der Waals surface area contributed by atoms with Crippen molar-refractivity contribution in [1.82, 2.24) is 4.90 Å². The Morgan fingerprint density at radius 3 is 2.57 bits per heavy atom. The molecule has 1 aliphatic heterocycles. The van der Waals surface area contributed by atoms with Crippen LogP contribution in [0.3, 0.4) is 0 Å². The predicted molar refractivity (Wildman–Crippen MR) is 41.0 cm³/mol. The Kier molecular flexibility index (Phi) is 2.46. The Bertz CT molecular complexity index is 294. The van der Waals surface area contributed by atoms with Gasteiger partial charge in [0.2, 0.25) is 5.60 Å². The molecule has 1 aliphatic rings. The van der Waals surface area contributed by atoms with E-state index in [1.54, 1.807) is 5.92 Å². The number of terminal acetylenes is 1. The first kappa shape index (κ1) is 10.9. The number of carbonyl (C=O) groups excluding carboxylic acids is 1. The number of halogens is 3. The first-order valence-corrected chi connectivity index (χ1v) is 3.85. The average molecular weight is 207 g/mol. The smallest absolute Gasteiger partial charge is 0.369 e. The molecule has 1 heterocycles. The molecule has 0 bridgehead atoms. The first-order valence-electron chi connectivity index (χ1n) is 3.85. The van der Waals surface area contributed by atoms with E-state index in [1.165, 1.54) is 0 Å². The number of nitrogens with zero attached hydrogens (tertiary/aromatic N) is 1. The van der Waals surface area contributed by atoms with Crippen molar-refractivity contribution in [3.05, 3.63) is 0 Å². The minimum absolute atomic E-state index is 0.154. The van der Waals surface area contributed by atoms with Crippen LogP contribution in [-0.2, 0) is 4.79 Å². The van der Waals surface area contributed by atoms with E-state index in [4.69, 9.17) is 6.42 Å². The van der Waals surface area contributed by atoms with Gasteiger partial charge in [-0.15, -0.1) is 6.42 Å². The number of aliphatic hydroxyl groups is 1. The van der Waals surface area contributed by atoms with E-state index < -0.39 is 24.2 Å². The van der Waals surface area contributed by atoms with Gasteiger partial charge in [0.05, 0.1) is 0 Å². The Hall–Kier alpha value is -1.22. The standard InChI is InChI=1S/C8H8F3NO2/c1-2-7(14)3-4-12(6(7)13)5-8(9,10)11/h1,14H,3-5H2. The quantitative estimate of drug-likeness (QED) is 0.621. The van der Waals surface area contributed by atoms with Crippen molar-refractivity contribution in [2.24, 2.45) is 0 Å². The van der Waals surface area contributed by atoms with Crippen LogP contribution in [0.4, 0.5) is 13.2 Å². The highest BCUT2D eigenvalue weighted by Gasteiger charge is 2.47. The maximum absolute atomic E-state index is 11.9. The van der Waals surface area contributed by atoms with Gasteiger partial charge < -0.3 is 10.0 Å². The highest BCUT2D eigenvalue weighted by atomic mass is 19.4. The lowest BCUT2D eigenvalue weighted by Crippen LogP contribution is -2.42. The van der Waals surface area contributed by atoms with E-state index in [1.807, 2.05) is 0 Å². The van der Waals surface area contributed by atoms with Gasteiger partial charge in [0.1, 0.15) is 6.54 Å². The molecule has 0 saturated carbocycles. The molecule has 78 valence electrons. The second kappa shape index (κ2) is 3.17. The molecule has 1 unspecified atom stereocenters. The molecule has 1 rings (SSSR count). The van der Waals surface area contributed by atoms with E-state index in [2.05, 4.69) is 0 Å². The fourth-order valence-corrected chi connectivity index (χ4v) is 1.27. The summed E-state index contributed by atoms with van der Waals surface area (Å²) in [6, 6.07) is 0. The van der Waals surface area contributed by atoms with Gasteiger partial charge in [-0.05, 0) is 0 Å². The van der Waals surface area contributed by atoms with Gasteiger partial charge in [-0.1, -0.05) is 5.92 Å². The molecule has 1 atom stereocenters. The number of rotatable bonds is 1. The van der Waals surface area contributed by atoms with Crippen LogP contribution in [0.5, 0.6) is 0 Å². The van der Waals surface area contributed by atoms with Gasteiger partial charge in [0.15, 0.2) is 0 Å². The summed E-state index contributed by atoms with van der Waals surface area (Å²) < 4.78 is 35.7. The summed E-state index contributed by atoms with van der Waals surface area (Å²) in [6.45, 7) is -1.53. The molecule has 0 spiro atoms. The zero-order valence-corrected chi connectivity index (χ0v) is 7.14. The molecule has 0 radical (unpaired) electrons. The minimum Gasteiger partial charge on any atom is -0.369 e. The molecule has 14 heavy (non-hydrogen) atoms. The number of hydrogen-bond donors (Lipinski definition) is 1. The van der Waals surface area contributed by atoms with E-state index in [0.717, 1.165) is 0 Å². The minimum atomic E-state index is -4.46. The van der Waals surface area contributed by atoms with Gasteiger partial charge in [0, 0.05) is 13.0 Å². The van der Waals surface area contributed by atoms with Crippen molar-refractivity contribution in [2.75, 3.05) is 13.1 Å². The van der Waals surface area contributed by atoms with Crippen molar-refractivity contribution in [1.29, 1.82) is 0 Å². The van der Waals surface area contributed by atoms with Crippen LogP contribution in [0, 0.1) is 12.3 Å². The number of amides is 1. The van der Waals surface area contributed by atoms with Gasteiger partial charge in [-0.3, -0.25) is 4.79 Å². The van der Waals surface area contributed by atoms with Crippen LogP contribution in [0.1, 0.15) is 6.42 Å². The van der Waals surface area contributed by atoms with Crippen LogP contribution >= 0.6 is 0 Å². The van der Waals surface area contributed by atoms with Crippen LogP contribution in [-0.4, -0.2) is 40.8 Å². The predicted octanol–water partition coefficient (Wildman–Crippen LogP) is 0.145. The molecule has 6 heteroatoms. The Labute approximate surface area is 78.5 Å². The van der Waals surface area contributed by atoms with Crippen molar-refractivity contribution >= 4 is 5.91 Å². The van der Waals surface area contributed by atoms with Gasteiger partial charge in [0.25, 0.3) is 5.91 Å². The summed E-state index contributed by atoms with van der Waals surface area (Å²) in [5.74, 6) is 0.759. The van der Waals surface area contributed by atoms with Crippen molar-refractivity contribution < 1.29 is 23.1 Å². The number of alkyl halides is 3. The average Bonchev–Trinajstić information content (AvgIpc) is 2.32. The summed E-state index contributed by atoms with van der Waals surface area (Å²) in [6.07, 6.45) is 0.239. The van der Waals surface area contributed by atoms with Gasteiger partial charge in [-0.25, -0.2) is 0 Å². The van der Waals surface area contributed by atoms with Gasteiger partial charge in [-0.2, -0.15) is 13.2 Å². The maximum Gasteiger partial charge on any atom is 0.406 e. The second-order valence-electron chi connectivity index (χ2n) is 3.10. The van der Waals surface area contributed by atoms with Crippen LogP contribution in [0.2, 0.25) is 0 Å². The molecule has 1 fully saturated rings. The molecular formula is C8H8F3NO2. The van der Waals surface area contributed by atoms with Crippen molar-refractivity contribution in [2.45, 2.75) is 18.2 Å². The van der Waals surface area contributed by atoms with Gasteiger partial charge >= 0.3 is 6.18 Å². The lowest BCUT2D eigenvalue weighted by molar-refractivity contribution is -0.162. The van der Waals surface area contributed by atoms with E-state index in [0.29, 0.717) is 4.90 Å². The number of carbonyl (C=O) groups is 1. The van der Waals surface area contributed by atoms with E-state index in [9.17, 15) is 23.1 Å². The fourth-order valence-electron chi connectivity index (χ4n) is 1.27. The lowest BCUT2D eigenvalue weighted by atomic mass is 10.0. The van der Waals surface area contributed by atoms with E-state index >= 15 is 0 Å². The highest BCUT2D eigenvalue weighted by Crippen LogP contribution is 2.26. The third-order valence-electron chi connectivity index (χ3n) is 1.99. The summed E-state index contributed by atoms with van der Waals surface area (Å²) >= 11 is 0.